The number of anilines is 1. The number of nitrogens with one attached hydrogen (secondary N) is 1. The van der Waals surface area contributed by atoms with Crippen molar-refractivity contribution in [1.29, 1.82) is 0 Å². The number of likely N-dealkylation sites (tertiary alicyclic amines) is 1. The van der Waals surface area contributed by atoms with Crippen molar-refractivity contribution >= 4 is 22.8 Å². The van der Waals surface area contributed by atoms with E-state index in [0.29, 0.717) is 11.0 Å². The molecule has 2 aromatic rings. The Morgan fingerprint density at radius 3 is 3.39 bits per heavy atom. The third-order valence-electron chi connectivity index (χ3n) is 3.35. The van der Waals surface area contributed by atoms with Crippen molar-refractivity contribution in [1.82, 2.24) is 19.9 Å². The summed E-state index contributed by atoms with van der Waals surface area (Å²) >= 11 is 0. The lowest BCUT2D eigenvalue weighted by Crippen LogP contribution is -2.53. The fraction of sp³-hybridized carbons (Fsp3) is 0.500. The molecule has 1 amide bonds. The third-order valence-corrected chi connectivity index (χ3v) is 3.35. The van der Waals surface area contributed by atoms with E-state index in [0.717, 1.165) is 11.2 Å². The molecule has 1 fully saturated rings. The number of carbonyl (C=O) groups is 1. The number of aromatic amines is 1. The Labute approximate surface area is 150 Å². The second-order valence-electron chi connectivity index (χ2n) is 4.72. The van der Waals surface area contributed by atoms with Crippen LogP contribution in [0, 0.1) is 12.5 Å². The molecule has 7 heteroatoms. The SMILES string of the molecule is [2H]C([2H])([N+]#[C-])C(=O)N1C([2H])([2H])[C@H](N(C)c2ncnc3[nH]ccc23)[C@H](C([2H])([2H])[2H])C([2H])([2H])C1([2H])[2H]. The summed E-state index contributed by atoms with van der Waals surface area (Å²) in [5, 5.41) is 0.314. The van der Waals surface area contributed by atoms with Crippen molar-refractivity contribution < 1.29 is 19.9 Å². The van der Waals surface area contributed by atoms with Crippen LogP contribution in [0.3, 0.4) is 0 Å². The quantitative estimate of drug-likeness (QED) is 0.870. The third kappa shape index (κ3) is 2.84. The number of H-pyrrole nitrogens is 1. The van der Waals surface area contributed by atoms with Gasteiger partial charge in [-0.3, -0.25) is 4.79 Å². The Bertz CT molecular complexity index is 1150. The topological polar surface area (TPSA) is 69.5 Å². The zero-order valence-electron chi connectivity index (χ0n) is 23.0. The van der Waals surface area contributed by atoms with Gasteiger partial charge in [0.25, 0.3) is 6.50 Å². The Kier molecular flexibility index (Phi) is 1.87. The Morgan fingerprint density at radius 2 is 2.61 bits per heavy atom. The zero-order valence-corrected chi connectivity index (χ0v) is 12.0. The molecule has 1 aliphatic heterocycles. The highest BCUT2D eigenvalue weighted by Crippen LogP contribution is 2.28. The molecule has 3 heterocycles. The summed E-state index contributed by atoms with van der Waals surface area (Å²) in [5.41, 5.74) is 0.300. The first-order valence-electron chi connectivity index (χ1n) is 12.1. The van der Waals surface area contributed by atoms with E-state index in [1.807, 2.05) is 0 Å². The average molecular weight is 323 g/mol. The maximum absolute atomic E-state index is 12.9. The molecule has 2 aromatic heterocycles. The van der Waals surface area contributed by atoms with Crippen molar-refractivity contribution in [2.24, 2.45) is 5.92 Å². The lowest BCUT2D eigenvalue weighted by atomic mass is 9.92. The fourth-order valence-corrected chi connectivity index (χ4v) is 2.24. The summed E-state index contributed by atoms with van der Waals surface area (Å²) in [6, 6.07) is -0.574. The van der Waals surface area contributed by atoms with E-state index in [9.17, 15) is 4.79 Å². The minimum atomic E-state index is -3.64. The largest absolute Gasteiger partial charge is 0.354 e. The van der Waals surface area contributed by atoms with Crippen molar-refractivity contribution in [2.75, 3.05) is 31.4 Å². The Balaban J connectivity index is 2.33. The Hall–Kier alpha value is -2.62. The molecule has 7 nitrogen and oxygen atoms in total. The molecule has 0 radical (unpaired) electrons. The van der Waals surface area contributed by atoms with Crippen molar-refractivity contribution in [3.05, 3.63) is 30.0 Å². The number of amides is 1. The molecule has 1 aliphatic rings. The van der Waals surface area contributed by atoms with E-state index in [4.69, 9.17) is 21.7 Å². The number of aromatic nitrogens is 3. The molecule has 0 aromatic carbocycles. The molecular weight excluding hydrogens is 292 g/mol. The van der Waals surface area contributed by atoms with Crippen LogP contribution in [0.15, 0.2) is 18.6 Å². The first-order valence-corrected chi connectivity index (χ1v) is 6.57. The van der Waals surface area contributed by atoms with Crippen LogP contribution in [0.4, 0.5) is 5.82 Å². The lowest BCUT2D eigenvalue weighted by molar-refractivity contribution is -0.130. The van der Waals surface area contributed by atoms with Gasteiger partial charge in [0, 0.05) is 35.8 Å². The van der Waals surface area contributed by atoms with E-state index < -0.39 is 50.6 Å². The number of hydrogen-bond donors (Lipinski definition) is 1. The molecular formula is C16H20N6O. The summed E-state index contributed by atoms with van der Waals surface area (Å²) in [4.78, 5) is 26.9. The summed E-state index contributed by atoms with van der Waals surface area (Å²) in [6.45, 7) is -6.72. The highest BCUT2D eigenvalue weighted by molar-refractivity contribution is 5.87. The molecule has 1 saturated heterocycles. The van der Waals surface area contributed by atoms with Crippen LogP contribution >= 0.6 is 0 Å². The zero-order chi connectivity index (χ0) is 26.1. The molecule has 2 atom stereocenters. The number of carbonyl (C=O) groups excluding carboxylic acids is 1. The van der Waals surface area contributed by atoms with Gasteiger partial charge in [0.15, 0.2) is 0 Å². The number of piperidine rings is 1. The van der Waals surface area contributed by atoms with E-state index in [2.05, 4.69) is 19.8 Å². The highest BCUT2D eigenvalue weighted by Gasteiger charge is 2.33. The summed E-state index contributed by atoms with van der Waals surface area (Å²) < 4.78 is 89.8. The molecule has 0 unspecified atom stereocenters. The van der Waals surface area contributed by atoms with Gasteiger partial charge in [-0.15, -0.1) is 0 Å². The molecule has 1 N–H and O–H groups in total. The highest BCUT2D eigenvalue weighted by atomic mass is 16.2. The van der Waals surface area contributed by atoms with Gasteiger partial charge in [-0.1, -0.05) is 6.85 Å². The monoisotopic (exact) mass is 323 g/mol. The maximum Gasteiger partial charge on any atom is 0.302 e. The van der Waals surface area contributed by atoms with E-state index >= 15 is 0 Å². The molecule has 120 valence electrons. The van der Waals surface area contributed by atoms with Crippen molar-refractivity contribution in [2.45, 2.75) is 19.3 Å². The minimum absolute atomic E-state index is 0.0341. The number of hydrogen-bond acceptors (Lipinski definition) is 4. The van der Waals surface area contributed by atoms with Crippen LogP contribution < -0.4 is 4.90 Å². The summed E-state index contributed by atoms with van der Waals surface area (Å²) in [5.74, 6) is -4.35. The van der Waals surface area contributed by atoms with Crippen LogP contribution in [0.2, 0.25) is 0 Å². The fourth-order valence-electron chi connectivity index (χ4n) is 2.24. The van der Waals surface area contributed by atoms with E-state index in [1.54, 1.807) is 0 Å². The number of fused-ring (bicyclic) bond motifs is 1. The minimum Gasteiger partial charge on any atom is -0.354 e. The smallest absolute Gasteiger partial charge is 0.302 e. The number of likely N-dealkylation sites (N-methyl/N-ethyl adjacent to an activating group) is 1. The van der Waals surface area contributed by atoms with Crippen molar-refractivity contribution in [3.8, 4) is 0 Å². The lowest BCUT2D eigenvalue weighted by Gasteiger charge is -2.41. The van der Waals surface area contributed by atoms with Gasteiger partial charge in [-0.05, 0) is 18.4 Å². The normalized spacial score (nSPS) is 36.0. The molecule has 0 spiro atoms. The van der Waals surface area contributed by atoms with E-state index in [1.165, 1.54) is 19.3 Å². The molecule has 3 rings (SSSR count). The van der Waals surface area contributed by atoms with Gasteiger partial charge in [-0.2, -0.15) is 0 Å². The van der Waals surface area contributed by atoms with Crippen LogP contribution in [0.1, 0.15) is 28.3 Å². The number of rotatable bonds is 3. The predicted molar refractivity (Wildman–Crippen MR) is 87.9 cm³/mol. The maximum atomic E-state index is 12.9. The van der Waals surface area contributed by atoms with Gasteiger partial charge in [0.1, 0.15) is 20.5 Å². The standard InChI is InChI=1S/C16H20N6O/c1-11-5-7-22(14(23)8-17-2)9-13(11)21(3)16-12-4-6-18-15(12)19-10-20-16/h4,6,10-11,13H,5,7-9H2,1,3H3,(H,18,19,20)/t11-,13+/m1/s1/i1D3,5D2,7D2,8D2,9D2. The van der Waals surface area contributed by atoms with Crippen LogP contribution in [-0.2, 0) is 4.79 Å². The first kappa shape index (κ1) is 6.87. The van der Waals surface area contributed by atoms with Gasteiger partial charge in [0.2, 0.25) is 0 Å². The Morgan fingerprint density at radius 1 is 1.74 bits per heavy atom. The van der Waals surface area contributed by atoms with Gasteiger partial charge in [-0.25, -0.2) is 16.5 Å². The molecule has 0 saturated carbocycles. The van der Waals surface area contributed by atoms with Crippen LogP contribution in [0.5, 0.6) is 0 Å². The van der Waals surface area contributed by atoms with E-state index in [-0.39, 0.29) is 10.7 Å². The van der Waals surface area contributed by atoms with Gasteiger partial charge >= 0.3 is 5.91 Å². The molecule has 0 bridgehead atoms. The first-order chi connectivity index (χ1) is 15.3. The van der Waals surface area contributed by atoms with Crippen LogP contribution in [0.25, 0.3) is 15.9 Å². The molecule has 0 aliphatic carbocycles. The summed E-state index contributed by atoms with van der Waals surface area (Å²) in [6.07, 6.45) is -0.825. The van der Waals surface area contributed by atoms with Gasteiger partial charge in [0.05, 0.1) is 14.2 Å². The van der Waals surface area contributed by atoms with Crippen molar-refractivity contribution in [3.63, 3.8) is 0 Å². The summed E-state index contributed by atoms with van der Waals surface area (Å²) in [7, 11) is 1.21. The van der Waals surface area contributed by atoms with Gasteiger partial charge < -0.3 is 19.6 Å². The molecule has 23 heavy (non-hydrogen) atoms. The second-order valence-corrected chi connectivity index (χ2v) is 4.72. The van der Waals surface area contributed by atoms with Crippen LogP contribution in [-0.4, -0.2) is 58.3 Å². The average Bonchev–Trinajstić information content (AvgIpc) is 3.17. The number of nitrogens with zero attached hydrogens (tertiary/aromatic N) is 5. The second kappa shape index (κ2) is 6.24. The predicted octanol–water partition coefficient (Wildman–Crippen LogP) is 1.55.